The van der Waals surface area contributed by atoms with E-state index in [1.54, 1.807) is 0 Å². The quantitative estimate of drug-likeness (QED) is 0.873. The van der Waals surface area contributed by atoms with E-state index in [0.29, 0.717) is 6.10 Å². The molecule has 1 heterocycles. The summed E-state index contributed by atoms with van der Waals surface area (Å²) in [6, 6.07) is 6.69. The molecule has 16 heavy (non-hydrogen) atoms. The molecule has 1 aromatic rings. The first-order chi connectivity index (χ1) is 7.65. The molecule has 0 spiro atoms. The van der Waals surface area contributed by atoms with E-state index >= 15 is 0 Å². The number of benzene rings is 1. The molecule has 1 aromatic carbocycles. The van der Waals surface area contributed by atoms with Crippen LogP contribution in [0, 0.1) is 6.92 Å². The Morgan fingerprint density at radius 1 is 1.56 bits per heavy atom. The zero-order valence-corrected chi connectivity index (χ0v) is 10.7. The van der Waals surface area contributed by atoms with Gasteiger partial charge in [0.15, 0.2) is 0 Å². The summed E-state index contributed by atoms with van der Waals surface area (Å²) in [6.07, 6.45) is 1.38. The first-order valence-corrected chi connectivity index (χ1v) is 6.90. The lowest BCUT2D eigenvalue weighted by atomic mass is 10.1. The van der Waals surface area contributed by atoms with Crippen LogP contribution >= 0.6 is 11.8 Å². The summed E-state index contributed by atoms with van der Waals surface area (Å²) in [5, 5.41) is 0. The van der Waals surface area contributed by atoms with Crippen LogP contribution in [0.4, 0.5) is 0 Å². The van der Waals surface area contributed by atoms with Crippen molar-refractivity contribution < 1.29 is 4.74 Å². The highest BCUT2D eigenvalue weighted by Crippen LogP contribution is 2.30. The van der Waals surface area contributed by atoms with Crippen molar-refractivity contribution >= 4 is 11.8 Å². The maximum atomic E-state index is 5.88. The maximum absolute atomic E-state index is 5.88. The molecule has 88 valence electrons. The molecular weight excluding hydrogens is 218 g/mol. The van der Waals surface area contributed by atoms with Gasteiger partial charge in [-0.2, -0.15) is 11.8 Å². The summed E-state index contributed by atoms with van der Waals surface area (Å²) >= 11 is 1.88. The average molecular weight is 237 g/mol. The Labute approximate surface area is 102 Å². The normalized spacial score (nSPS) is 20.3. The van der Waals surface area contributed by atoms with Gasteiger partial charge in [0, 0.05) is 24.0 Å². The summed E-state index contributed by atoms with van der Waals surface area (Å²) in [4.78, 5) is 0. The van der Waals surface area contributed by atoms with E-state index in [9.17, 15) is 0 Å². The van der Waals surface area contributed by atoms with E-state index in [4.69, 9.17) is 10.5 Å². The monoisotopic (exact) mass is 237 g/mol. The Morgan fingerprint density at radius 3 is 3.12 bits per heavy atom. The Morgan fingerprint density at radius 2 is 2.38 bits per heavy atom. The predicted octanol–water partition coefficient (Wildman–Crippen LogP) is 2.38. The number of aryl methyl sites for hydroxylation is 1. The van der Waals surface area contributed by atoms with E-state index < -0.39 is 0 Å². The molecule has 1 aliphatic heterocycles. The van der Waals surface area contributed by atoms with Crippen molar-refractivity contribution in [2.24, 2.45) is 5.73 Å². The molecule has 2 atom stereocenters. The largest absolute Gasteiger partial charge is 0.489 e. The summed E-state index contributed by atoms with van der Waals surface area (Å²) in [5.74, 6) is 3.11. The molecule has 2 N–H and O–H groups in total. The zero-order valence-electron chi connectivity index (χ0n) is 9.90. The van der Waals surface area contributed by atoms with E-state index in [1.807, 2.05) is 18.7 Å². The van der Waals surface area contributed by atoms with Gasteiger partial charge in [0.1, 0.15) is 11.9 Å². The fourth-order valence-electron chi connectivity index (χ4n) is 1.93. The number of nitrogens with two attached hydrogens (primary N) is 1. The first-order valence-electron chi connectivity index (χ1n) is 5.74. The van der Waals surface area contributed by atoms with Gasteiger partial charge in [0.05, 0.1) is 0 Å². The lowest BCUT2D eigenvalue weighted by Crippen LogP contribution is -2.21. The third kappa shape index (κ3) is 2.92. The van der Waals surface area contributed by atoms with Gasteiger partial charge in [-0.3, -0.25) is 0 Å². The number of ether oxygens (including phenoxy) is 1. The highest BCUT2D eigenvalue weighted by molar-refractivity contribution is 7.99. The smallest absolute Gasteiger partial charge is 0.123 e. The van der Waals surface area contributed by atoms with E-state index in [2.05, 4.69) is 25.1 Å². The van der Waals surface area contributed by atoms with Gasteiger partial charge in [-0.15, -0.1) is 0 Å². The molecule has 1 aliphatic rings. The molecule has 0 fully saturated rings. The van der Waals surface area contributed by atoms with Crippen LogP contribution < -0.4 is 10.5 Å². The molecule has 3 heteroatoms. The standard InChI is InChI=1S/C13H19NOS/c1-9-3-4-13-11(5-9)6-12(15-13)8-16-7-10(2)14/h3-5,10,12H,6-8,14H2,1-2H3. The summed E-state index contributed by atoms with van der Waals surface area (Å²) in [5.41, 5.74) is 8.38. The molecule has 2 nitrogen and oxygen atoms in total. The van der Waals surface area contributed by atoms with Crippen molar-refractivity contribution in [3.8, 4) is 5.75 Å². The second-order valence-electron chi connectivity index (χ2n) is 4.57. The van der Waals surface area contributed by atoms with Crippen LogP contribution in [0.25, 0.3) is 0 Å². The van der Waals surface area contributed by atoms with Gasteiger partial charge in [-0.05, 0) is 25.5 Å². The average Bonchev–Trinajstić information content (AvgIpc) is 2.58. The third-order valence-electron chi connectivity index (χ3n) is 2.64. The van der Waals surface area contributed by atoms with Crippen molar-refractivity contribution in [1.29, 1.82) is 0 Å². The van der Waals surface area contributed by atoms with Crippen molar-refractivity contribution in [1.82, 2.24) is 0 Å². The molecule has 0 aromatic heterocycles. The number of rotatable bonds is 4. The zero-order chi connectivity index (χ0) is 11.5. The number of thioether (sulfide) groups is 1. The summed E-state index contributed by atoms with van der Waals surface area (Å²) in [6.45, 7) is 4.17. The Bertz CT molecular complexity index is 365. The molecule has 2 rings (SSSR count). The SMILES string of the molecule is Cc1ccc2c(c1)CC(CSCC(C)N)O2. The van der Waals surface area contributed by atoms with E-state index in [1.165, 1.54) is 11.1 Å². The van der Waals surface area contributed by atoms with Crippen LogP contribution in [-0.4, -0.2) is 23.7 Å². The predicted molar refractivity (Wildman–Crippen MR) is 70.3 cm³/mol. The molecule has 2 unspecified atom stereocenters. The van der Waals surface area contributed by atoms with Crippen LogP contribution in [0.1, 0.15) is 18.1 Å². The molecule has 0 saturated heterocycles. The minimum Gasteiger partial charge on any atom is -0.489 e. The second kappa shape index (κ2) is 5.11. The van der Waals surface area contributed by atoms with Gasteiger partial charge in [0.25, 0.3) is 0 Å². The van der Waals surface area contributed by atoms with Gasteiger partial charge in [-0.25, -0.2) is 0 Å². The van der Waals surface area contributed by atoms with Crippen molar-refractivity contribution in [3.63, 3.8) is 0 Å². The van der Waals surface area contributed by atoms with Gasteiger partial charge < -0.3 is 10.5 Å². The van der Waals surface area contributed by atoms with Crippen LogP contribution in [0.15, 0.2) is 18.2 Å². The van der Waals surface area contributed by atoms with Crippen LogP contribution in [0.2, 0.25) is 0 Å². The van der Waals surface area contributed by atoms with E-state index in [-0.39, 0.29) is 6.04 Å². The summed E-state index contributed by atoms with van der Waals surface area (Å²) in [7, 11) is 0. The highest BCUT2D eigenvalue weighted by Gasteiger charge is 2.22. The minimum atomic E-state index is 0.274. The van der Waals surface area contributed by atoms with Gasteiger partial charge >= 0.3 is 0 Å². The number of hydrogen-bond acceptors (Lipinski definition) is 3. The van der Waals surface area contributed by atoms with Crippen molar-refractivity contribution in [3.05, 3.63) is 29.3 Å². The van der Waals surface area contributed by atoms with E-state index in [0.717, 1.165) is 23.7 Å². The van der Waals surface area contributed by atoms with Crippen molar-refractivity contribution in [2.45, 2.75) is 32.4 Å². The third-order valence-corrected chi connectivity index (χ3v) is 4.01. The topological polar surface area (TPSA) is 35.2 Å². The van der Waals surface area contributed by atoms with Crippen LogP contribution in [0.3, 0.4) is 0 Å². The lowest BCUT2D eigenvalue weighted by molar-refractivity contribution is 0.259. The number of hydrogen-bond donors (Lipinski definition) is 1. The first kappa shape index (κ1) is 11.8. The fourth-order valence-corrected chi connectivity index (χ4v) is 2.88. The van der Waals surface area contributed by atoms with Crippen molar-refractivity contribution in [2.75, 3.05) is 11.5 Å². The second-order valence-corrected chi connectivity index (χ2v) is 5.64. The Kier molecular flexibility index (Phi) is 3.77. The van der Waals surface area contributed by atoms with Gasteiger partial charge in [-0.1, -0.05) is 17.7 Å². The lowest BCUT2D eigenvalue weighted by Gasteiger charge is -2.11. The minimum absolute atomic E-state index is 0.274. The molecule has 0 bridgehead atoms. The van der Waals surface area contributed by atoms with Gasteiger partial charge in [0.2, 0.25) is 0 Å². The molecule has 0 saturated carbocycles. The maximum Gasteiger partial charge on any atom is 0.123 e. The summed E-state index contributed by atoms with van der Waals surface area (Å²) < 4.78 is 5.88. The molecular formula is C13H19NOS. The number of fused-ring (bicyclic) bond motifs is 1. The molecule has 0 amide bonds. The van der Waals surface area contributed by atoms with Crippen LogP contribution in [-0.2, 0) is 6.42 Å². The highest BCUT2D eigenvalue weighted by atomic mass is 32.2. The Balaban J connectivity index is 1.86. The van der Waals surface area contributed by atoms with Crippen LogP contribution in [0.5, 0.6) is 5.75 Å². The Hall–Kier alpha value is -0.670. The fraction of sp³-hybridized carbons (Fsp3) is 0.538. The molecule has 0 radical (unpaired) electrons. The molecule has 0 aliphatic carbocycles.